The van der Waals surface area contributed by atoms with Crippen LogP contribution in [0.5, 0.6) is 0 Å². The van der Waals surface area contributed by atoms with Gasteiger partial charge in [-0.2, -0.15) is 0 Å². The first kappa shape index (κ1) is 23.7. The molecule has 1 N–H and O–H groups in total. The van der Waals surface area contributed by atoms with Crippen LogP contribution in [0.2, 0.25) is 5.02 Å². The number of hydrogen-bond donors (Lipinski definition) is 1. The van der Waals surface area contributed by atoms with Crippen molar-refractivity contribution in [1.29, 1.82) is 0 Å². The van der Waals surface area contributed by atoms with Crippen molar-refractivity contribution in [2.24, 2.45) is 0 Å². The Balaban J connectivity index is 1.91. The minimum Gasteiger partial charge on any atom is -0.477 e. The van der Waals surface area contributed by atoms with Gasteiger partial charge in [0, 0.05) is 27.9 Å². The highest BCUT2D eigenvalue weighted by atomic mass is 35.5. The van der Waals surface area contributed by atoms with Gasteiger partial charge in [-0.1, -0.05) is 41.9 Å². The lowest BCUT2D eigenvalue weighted by Gasteiger charge is -2.29. The number of nitrogens with zero attached hydrogens (tertiary/aromatic N) is 1. The fraction of sp³-hybridized carbons (Fsp3) is 0.143. The summed E-state index contributed by atoms with van der Waals surface area (Å²) in [4.78, 5) is 27.6. The molecule has 0 fully saturated rings. The summed E-state index contributed by atoms with van der Waals surface area (Å²) in [7, 11) is 0. The standard InChI is InChI=1S/C28H24ClNO3S/c1-17(2)30(27(31)24-10-9-22(29)13-18(24)3)23-15-20(19-7-5-4-6-8-19)14-21(16-23)25-11-12-34-26(25)28(32)33/h4-17H,1-3H3,(H,32,33). The molecule has 0 bridgehead atoms. The SMILES string of the molecule is Cc1cc(Cl)ccc1C(=O)N(c1cc(-c2ccccc2)cc(-c2ccsc2C(=O)O)c1)C(C)C. The second-order valence-corrected chi connectivity index (χ2v) is 9.68. The Hall–Kier alpha value is -3.41. The van der Waals surface area contributed by atoms with Crippen LogP contribution in [0.15, 0.2) is 78.2 Å². The van der Waals surface area contributed by atoms with E-state index in [4.69, 9.17) is 11.6 Å². The zero-order valence-corrected chi connectivity index (χ0v) is 20.7. The maximum Gasteiger partial charge on any atom is 0.346 e. The molecule has 1 aromatic heterocycles. The van der Waals surface area contributed by atoms with Crippen LogP contribution in [0.1, 0.15) is 39.4 Å². The van der Waals surface area contributed by atoms with Crippen LogP contribution in [0.3, 0.4) is 0 Å². The van der Waals surface area contributed by atoms with Gasteiger partial charge in [-0.05, 0) is 90.9 Å². The zero-order valence-electron chi connectivity index (χ0n) is 19.1. The molecular formula is C28H24ClNO3S. The molecule has 1 amide bonds. The predicted molar refractivity (Wildman–Crippen MR) is 140 cm³/mol. The summed E-state index contributed by atoms with van der Waals surface area (Å²) in [6.07, 6.45) is 0. The lowest BCUT2D eigenvalue weighted by molar-refractivity contribution is 0.0702. The van der Waals surface area contributed by atoms with Crippen LogP contribution in [-0.2, 0) is 0 Å². The Labute approximate surface area is 208 Å². The third kappa shape index (κ3) is 4.76. The monoisotopic (exact) mass is 489 g/mol. The molecule has 0 spiro atoms. The summed E-state index contributed by atoms with van der Waals surface area (Å²) in [5, 5.41) is 12.0. The number of carbonyl (C=O) groups excluding carboxylic acids is 1. The van der Waals surface area contributed by atoms with E-state index in [0.717, 1.165) is 22.3 Å². The van der Waals surface area contributed by atoms with Gasteiger partial charge in [-0.3, -0.25) is 4.79 Å². The summed E-state index contributed by atoms with van der Waals surface area (Å²) in [6, 6.07) is 22.6. The Morgan fingerprint density at radius 3 is 2.26 bits per heavy atom. The number of halogens is 1. The molecule has 0 radical (unpaired) electrons. The van der Waals surface area contributed by atoms with Gasteiger partial charge < -0.3 is 10.0 Å². The van der Waals surface area contributed by atoms with E-state index >= 15 is 0 Å². The highest BCUT2D eigenvalue weighted by Crippen LogP contribution is 2.36. The second kappa shape index (κ2) is 9.84. The van der Waals surface area contributed by atoms with Crippen molar-refractivity contribution in [1.82, 2.24) is 0 Å². The molecule has 1 heterocycles. The molecule has 0 saturated heterocycles. The number of aryl methyl sites for hydroxylation is 1. The molecule has 0 aliphatic carbocycles. The molecular weight excluding hydrogens is 466 g/mol. The van der Waals surface area contributed by atoms with Crippen LogP contribution in [0.25, 0.3) is 22.3 Å². The van der Waals surface area contributed by atoms with E-state index < -0.39 is 5.97 Å². The Kier molecular flexibility index (Phi) is 6.87. The molecule has 0 aliphatic rings. The highest BCUT2D eigenvalue weighted by molar-refractivity contribution is 7.12. The lowest BCUT2D eigenvalue weighted by atomic mass is 9.97. The van der Waals surface area contributed by atoms with Gasteiger partial charge in [0.05, 0.1) is 0 Å². The van der Waals surface area contributed by atoms with Crippen LogP contribution in [-0.4, -0.2) is 23.0 Å². The molecule has 4 nitrogen and oxygen atoms in total. The van der Waals surface area contributed by atoms with E-state index in [2.05, 4.69) is 0 Å². The van der Waals surface area contributed by atoms with Crippen molar-refractivity contribution < 1.29 is 14.7 Å². The van der Waals surface area contributed by atoms with Gasteiger partial charge >= 0.3 is 5.97 Å². The topological polar surface area (TPSA) is 57.6 Å². The maximum absolute atomic E-state index is 13.7. The average molecular weight is 490 g/mol. The fourth-order valence-electron chi connectivity index (χ4n) is 4.05. The molecule has 0 saturated carbocycles. The molecule has 4 aromatic rings. The number of hydrogen-bond acceptors (Lipinski definition) is 3. The molecule has 34 heavy (non-hydrogen) atoms. The normalized spacial score (nSPS) is 11.0. The van der Waals surface area contributed by atoms with Crippen molar-refractivity contribution in [3.05, 3.63) is 99.2 Å². The molecule has 6 heteroatoms. The summed E-state index contributed by atoms with van der Waals surface area (Å²) in [5.74, 6) is -1.10. The largest absolute Gasteiger partial charge is 0.477 e. The van der Waals surface area contributed by atoms with Crippen molar-refractivity contribution in [2.75, 3.05) is 4.90 Å². The number of carboxylic acids is 1. The van der Waals surface area contributed by atoms with Crippen LogP contribution in [0.4, 0.5) is 5.69 Å². The predicted octanol–water partition coefficient (Wildman–Crippen LogP) is 7.80. The maximum atomic E-state index is 13.7. The quantitative estimate of drug-likeness (QED) is 0.300. The van der Waals surface area contributed by atoms with Crippen molar-refractivity contribution in [3.63, 3.8) is 0 Å². The number of rotatable bonds is 6. The molecule has 3 aromatic carbocycles. The first-order chi connectivity index (χ1) is 16.3. The van der Waals surface area contributed by atoms with Crippen molar-refractivity contribution in [3.8, 4) is 22.3 Å². The number of benzene rings is 3. The number of aromatic carboxylic acids is 1. The Morgan fingerprint density at radius 2 is 1.62 bits per heavy atom. The summed E-state index contributed by atoms with van der Waals surface area (Å²) < 4.78 is 0. The average Bonchev–Trinajstić information content (AvgIpc) is 3.30. The molecule has 4 rings (SSSR count). The minimum atomic E-state index is -0.967. The highest BCUT2D eigenvalue weighted by Gasteiger charge is 2.24. The molecule has 0 unspecified atom stereocenters. The lowest BCUT2D eigenvalue weighted by Crippen LogP contribution is -2.37. The van der Waals surface area contributed by atoms with E-state index in [1.165, 1.54) is 11.3 Å². The van der Waals surface area contributed by atoms with Crippen molar-refractivity contribution in [2.45, 2.75) is 26.8 Å². The number of carbonyl (C=O) groups is 2. The molecule has 0 atom stereocenters. The van der Waals surface area contributed by atoms with E-state index in [-0.39, 0.29) is 16.8 Å². The first-order valence-electron chi connectivity index (χ1n) is 10.9. The van der Waals surface area contributed by atoms with E-state index in [1.54, 1.807) is 28.5 Å². The first-order valence-corrected chi connectivity index (χ1v) is 12.1. The number of carboxylic acid groups (broad SMARTS) is 1. The molecule has 172 valence electrons. The van der Waals surface area contributed by atoms with Gasteiger partial charge in [-0.25, -0.2) is 4.79 Å². The van der Waals surface area contributed by atoms with Gasteiger partial charge in [0.15, 0.2) is 0 Å². The van der Waals surface area contributed by atoms with Crippen LogP contribution >= 0.6 is 22.9 Å². The Bertz CT molecular complexity index is 1360. The third-order valence-corrected chi connectivity index (χ3v) is 6.77. The number of thiophene rings is 1. The van der Waals surface area contributed by atoms with Gasteiger partial charge in [-0.15, -0.1) is 11.3 Å². The van der Waals surface area contributed by atoms with Gasteiger partial charge in [0.2, 0.25) is 0 Å². The van der Waals surface area contributed by atoms with E-state index in [9.17, 15) is 14.7 Å². The third-order valence-electron chi connectivity index (χ3n) is 5.63. The fourth-order valence-corrected chi connectivity index (χ4v) is 5.03. The van der Waals surface area contributed by atoms with E-state index in [1.807, 2.05) is 75.4 Å². The number of amides is 1. The van der Waals surface area contributed by atoms with Gasteiger partial charge in [0.1, 0.15) is 4.88 Å². The molecule has 0 aliphatic heterocycles. The number of anilines is 1. The summed E-state index contributed by atoms with van der Waals surface area (Å²) in [5.41, 5.74) is 5.35. The zero-order chi connectivity index (χ0) is 24.4. The second-order valence-electron chi connectivity index (χ2n) is 8.33. The van der Waals surface area contributed by atoms with Crippen LogP contribution in [0, 0.1) is 6.92 Å². The Morgan fingerprint density at radius 1 is 0.912 bits per heavy atom. The van der Waals surface area contributed by atoms with Crippen molar-refractivity contribution >= 4 is 40.5 Å². The summed E-state index contributed by atoms with van der Waals surface area (Å²) in [6.45, 7) is 5.80. The minimum absolute atomic E-state index is 0.135. The van der Waals surface area contributed by atoms with Gasteiger partial charge in [0.25, 0.3) is 5.91 Å². The summed E-state index contributed by atoms with van der Waals surface area (Å²) >= 11 is 7.30. The van der Waals surface area contributed by atoms with Crippen LogP contribution < -0.4 is 4.90 Å². The smallest absolute Gasteiger partial charge is 0.346 e. The van der Waals surface area contributed by atoms with E-state index in [0.29, 0.717) is 21.8 Å².